The van der Waals surface area contributed by atoms with E-state index < -0.39 is 97.5 Å². The van der Waals surface area contributed by atoms with Crippen LogP contribution in [0.15, 0.2) is 0 Å². The first kappa shape index (κ1) is 91.1. The second kappa shape index (κ2) is 64.7. The fourth-order valence-corrected chi connectivity index (χ4v) is 12.8. The summed E-state index contributed by atoms with van der Waals surface area (Å²) >= 11 is 0. The summed E-state index contributed by atoms with van der Waals surface area (Å²) in [6, 6.07) is 0. The van der Waals surface area contributed by atoms with Gasteiger partial charge in [0.15, 0.2) is 12.2 Å². The maximum atomic E-state index is 13.1. The molecule has 0 saturated heterocycles. The SMILES string of the molecule is CCCCCCCCCCCCCCCCCCCC(=O)O[C@H](COC(=O)CCCCCCCCCCCCC(C)CC)COP(=O)(O)OC[C@@H](O)COP(=O)(O)OC[C@@H](COC(=O)CCCCCCCCCCC(C)C)OC(=O)CCCCCCCCCCC(C)C. The van der Waals surface area contributed by atoms with Crippen LogP contribution in [0.2, 0.25) is 0 Å². The summed E-state index contributed by atoms with van der Waals surface area (Å²) < 4.78 is 68.4. The van der Waals surface area contributed by atoms with Crippen molar-refractivity contribution in [1.82, 2.24) is 0 Å². The topological polar surface area (TPSA) is 237 Å². The number of rotatable bonds is 72. The Morgan fingerprint density at radius 1 is 0.312 bits per heavy atom. The van der Waals surface area contributed by atoms with Gasteiger partial charge < -0.3 is 33.8 Å². The molecule has 0 aromatic heterocycles. The van der Waals surface area contributed by atoms with Gasteiger partial charge in [-0.05, 0) is 43.4 Å². The van der Waals surface area contributed by atoms with Gasteiger partial charge in [0.05, 0.1) is 26.4 Å². The van der Waals surface area contributed by atoms with Crippen LogP contribution in [0.4, 0.5) is 0 Å². The maximum absolute atomic E-state index is 13.1. The van der Waals surface area contributed by atoms with Gasteiger partial charge in [-0.3, -0.25) is 37.3 Å². The van der Waals surface area contributed by atoms with Gasteiger partial charge in [0.1, 0.15) is 19.3 Å². The van der Waals surface area contributed by atoms with Crippen molar-refractivity contribution in [2.75, 3.05) is 39.6 Å². The van der Waals surface area contributed by atoms with Gasteiger partial charge >= 0.3 is 39.5 Å². The number of carbonyl (C=O) groups is 4. The van der Waals surface area contributed by atoms with Crippen LogP contribution in [0.1, 0.15) is 376 Å². The predicted molar refractivity (Wildman–Crippen MR) is 377 cm³/mol. The van der Waals surface area contributed by atoms with Gasteiger partial charge in [-0.1, -0.05) is 325 Å². The molecule has 552 valence electrons. The number of hydrogen-bond acceptors (Lipinski definition) is 15. The van der Waals surface area contributed by atoms with Crippen molar-refractivity contribution in [1.29, 1.82) is 0 Å². The average Bonchev–Trinajstić information content (AvgIpc) is 3.14. The Kier molecular flexibility index (Phi) is 63.4. The molecule has 0 rings (SSSR count). The van der Waals surface area contributed by atoms with Crippen LogP contribution < -0.4 is 0 Å². The number of aliphatic hydroxyl groups is 1. The van der Waals surface area contributed by atoms with Gasteiger partial charge in [-0.2, -0.15) is 0 Å². The van der Waals surface area contributed by atoms with Crippen LogP contribution in [0.25, 0.3) is 0 Å². The minimum Gasteiger partial charge on any atom is -0.462 e. The number of carbonyl (C=O) groups excluding carboxylic acids is 4. The van der Waals surface area contributed by atoms with Gasteiger partial charge in [0.25, 0.3) is 0 Å². The third-order valence-electron chi connectivity index (χ3n) is 17.5. The Morgan fingerprint density at radius 2 is 0.548 bits per heavy atom. The Hall–Kier alpha value is -1.94. The van der Waals surface area contributed by atoms with Crippen molar-refractivity contribution in [3.63, 3.8) is 0 Å². The molecule has 3 N–H and O–H groups in total. The van der Waals surface area contributed by atoms with Crippen LogP contribution in [-0.4, -0.2) is 96.7 Å². The third kappa shape index (κ3) is 67.0. The first-order valence-electron chi connectivity index (χ1n) is 38.4. The van der Waals surface area contributed by atoms with Crippen molar-refractivity contribution in [3.8, 4) is 0 Å². The first-order chi connectivity index (χ1) is 44.8. The molecule has 0 amide bonds. The minimum atomic E-state index is -4.96. The molecular formula is C74H144O17P2. The second-order valence-corrected chi connectivity index (χ2v) is 30.8. The molecule has 0 bridgehead atoms. The van der Waals surface area contributed by atoms with E-state index in [0.717, 1.165) is 108 Å². The quantitative estimate of drug-likeness (QED) is 0.0222. The molecule has 0 aliphatic heterocycles. The van der Waals surface area contributed by atoms with E-state index in [4.69, 9.17) is 37.0 Å². The van der Waals surface area contributed by atoms with Crippen molar-refractivity contribution in [3.05, 3.63) is 0 Å². The number of unbranched alkanes of at least 4 members (excludes halogenated alkanes) is 39. The summed E-state index contributed by atoms with van der Waals surface area (Å²) in [7, 11) is -9.91. The van der Waals surface area contributed by atoms with Crippen molar-refractivity contribution in [2.24, 2.45) is 17.8 Å². The van der Waals surface area contributed by atoms with Gasteiger partial charge in [-0.15, -0.1) is 0 Å². The fourth-order valence-electron chi connectivity index (χ4n) is 11.2. The molecule has 0 aliphatic carbocycles. The molecule has 3 unspecified atom stereocenters. The summed E-state index contributed by atoms with van der Waals surface area (Å²) in [5.74, 6) is 0.132. The summed E-state index contributed by atoms with van der Waals surface area (Å²) in [5.41, 5.74) is 0. The number of ether oxygens (including phenoxy) is 4. The zero-order chi connectivity index (χ0) is 68.7. The van der Waals surface area contributed by atoms with Crippen LogP contribution in [0, 0.1) is 17.8 Å². The number of esters is 4. The lowest BCUT2D eigenvalue weighted by Crippen LogP contribution is -2.30. The second-order valence-electron chi connectivity index (χ2n) is 27.9. The lowest BCUT2D eigenvalue weighted by molar-refractivity contribution is -0.161. The molecule has 0 aliphatic rings. The molecule has 0 spiro atoms. The minimum absolute atomic E-state index is 0.104. The zero-order valence-electron chi connectivity index (χ0n) is 60.7. The van der Waals surface area contributed by atoms with E-state index in [-0.39, 0.29) is 25.7 Å². The van der Waals surface area contributed by atoms with Crippen LogP contribution in [-0.2, 0) is 65.4 Å². The smallest absolute Gasteiger partial charge is 0.462 e. The highest BCUT2D eigenvalue weighted by Crippen LogP contribution is 2.45. The highest BCUT2D eigenvalue weighted by molar-refractivity contribution is 7.47. The molecule has 0 heterocycles. The molecule has 17 nitrogen and oxygen atoms in total. The summed E-state index contributed by atoms with van der Waals surface area (Å²) in [6.07, 6.45) is 50.0. The van der Waals surface area contributed by atoms with E-state index in [1.165, 1.54) is 186 Å². The van der Waals surface area contributed by atoms with Gasteiger partial charge in [0, 0.05) is 25.7 Å². The van der Waals surface area contributed by atoms with E-state index in [1.54, 1.807) is 0 Å². The normalized spacial score (nSPS) is 14.4. The Bertz CT molecular complexity index is 1820. The maximum Gasteiger partial charge on any atom is 0.472 e. The van der Waals surface area contributed by atoms with E-state index in [2.05, 4.69) is 48.5 Å². The Balaban J connectivity index is 5.25. The van der Waals surface area contributed by atoms with E-state index >= 15 is 0 Å². The third-order valence-corrected chi connectivity index (χ3v) is 19.4. The average molecular weight is 1370 g/mol. The lowest BCUT2D eigenvalue weighted by Gasteiger charge is -2.21. The molecule has 0 saturated carbocycles. The van der Waals surface area contributed by atoms with E-state index in [0.29, 0.717) is 25.7 Å². The monoisotopic (exact) mass is 1370 g/mol. The molecule has 93 heavy (non-hydrogen) atoms. The van der Waals surface area contributed by atoms with E-state index in [9.17, 15) is 43.2 Å². The summed E-state index contributed by atoms with van der Waals surface area (Å²) in [5, 5.41) is 10.6. The van der Waals surface area contributed by atoms with Crippen LogP contribution in [0.3, 0.4) is 0 Å². The largest absolute Gasteiger partial charge is 0.472 e. The summed E-state index contributed by atoms with van der Waals surface area (Å²) in [4.78, 5) is 72.7. The molecule has 19 heteroatoms. The van der Waals surface area contributed by atoms with Gasteiger partial charge in [-0.25, -0.2) is 9.13 Å². The number of phosphoric acid groups is 2. The van der Waals surface area contributed by atoms with Crippen LogP contribution >= 0.6 is 15.6 Å². The lowest BCUT2D eigenvalue weighted by atomic mass is 9.99. The van der Waals surface area contributed by atoms with Crippen molar-refractivity contribution < 1.29 is 80.2 Å². The molecule has 0 radical (unpaired) electrons. The Morgan fingerprint density at radius 3 is 0.817 bits per heavy atom. The highest BCUT2D eigenvalue weighted by Gasteiger charge is 2.30. The standard InChI is InChI=1S/C74H144O17P2/c1-8-10-11-12-13-14-15-16-17-18-19-20-21-26-36-43-50-57-73(78)90-69(61-84-71(76)55-48-41-34-25-23-22-24-33-40-47-54-67(7)9-2)63-88-92(80,81)86-59-68(75)60-87-93(82,83)89-64-70(91-74(79)58-51-44-37-30-28-32-39-46-53-66(5)6)62-85-72(77)56-49-42-35-29-27-31-38-45-52-65(3)4/h65-70,75H,8-64H2,1-7H3,(H,80,81)(H,82,83)/t67?,68-,69-,70-/m1/s1. The van der Waals surface area contributed by atoms with Gasteiger partial charge in [0.2, 0.25) is 0 Å². The Labute approximate surface area is 568 Å². The van der Waals surface area contributed by atoms with Crippen molar-refractivity contribution in [2.45, 2.75) is 394 Å². The number of aliphatic hydroxyl groups excluding tert-OH is 1. The van der Waals surface area contributed by atoms with Crippen LogP contribution in [0.5, 0.6) is 0 Å². The zero-order valence-corrected chi connectivity index (χ0v) is 62.5. The molecular weight excluding hydrogens is 1220 g/mol. The predicted octanol–water partition coefficient (Wildman–Crippen LogP) is 21.4. The molecule has 0 aromatic carbocycles. The molecule has 0 aromatic rings. The summed E-state index contributed by atoms with van der Waals surface area (Å²) in [6.45, 7) is 11.8. The highest BCUT2D eigenvalue weighted by atomic mass is 31.2. The van der Waals surface area contributed by atoms with E-state index in [1.807, 2.05) is 0 Å². The number of phosphoric ester groups is 2. The fraction of sp³-hybridized carbons (Fsp3) is 0.946. The first-order valence-corrected chi connectivity index (χ1v) is 41.4. The molecule has 6 atom stereocenters. The van der Waals surface area contributed by atoms with Crippen molar-refractivity contribution >= 4 is 39.5 Å². The molecule has 0 fully saturated rings. The number of hydrogen-bond donors (Lipinski definition) is 3.